The molecule has 0 saturated heterocycles. The van der Waals surface area contributed by atoms with Gasteiger partial charge in [0.1, 0.15) is 12.4 Å². The van der Waals surface area contributed by atoms with Crippen molar-refractivity contribution >= 4 is 11.7 Å². The fourth-order valence-electron chi connectivity index (χ4n) is 1.09. The van der Waals surface area contributed by atoms with Crippen LogP contribution in [0, 0.1) is 10.1 Å². The SMILES string of the molecule is O=C(O)c1ccc(-n2cc([N+](=O)[O-])cn2)o1. The summed E-state index contributed by atoms with van der Waals surface area (Å²) in [4.78, 5) is 20.3. The van der Waals surface area contributed by atoms with Crippen LogP contribution in [-0.4, -0.2) is 25.8 Å². The lowest BCUT2D eigenvalue weighted by atomic mass is 10.5. The number of hydrogen-bond donors (Lipinski definition) is 1. The third kappa shape index (κ3) is 1.63. The average Bonchev–Trinajstić information content (AvgIpc) is 2.86. The van der Waals surface area contributed by atoms with Crippen molar-refractivity contribution < 1.29 is 19.2 Å². The van der Waals surface area contributed by atoms with Crippen molar-refractivity contribution in [1.82, 2.24) is 9.78 Å². The van der Waals surface area contributed by atoms with Gasteiger partial charge in [-0.05, 0) is 6.07 Å². The van der Waals surface area contributed by atoms with Gasteiger partial charge in [-0.1, -0.05) is 0 Å². The second kappa shape index (κ2) is 3.50. The number of aromatic nitrogens is 2. The largest absolute Gasteiger partial charge is 0.475 e. The highest BCUT2D eigenvalue weighted by Crippen LogP contribution is 2.16. The Labute approximate surface area is 87.9 Å². The average molecular weight is 223 g/mol. The van der Waals surface area contributed by atoms with E-state index in [0.717, 1.165) is 17.1 Å². The van der Waals surface area contributed by atoms with Crippen molar-refractivity contribution in [2.45, 2.75) is 0 Å². The van der Waals surface area contributed by atoms with Gasteiger partial charge in [0.05, 0.1) is 4.92 Å². The van der Waals surface area contributed by atoms with Crippen molar-refractivity contribution in [2.75, 3.05) is 0 Å². The molecule has 0 unspecified atom stereocenters. The minimum absolute atomic E-state index is 0.102. The molecule has 2 aromatic heterocycles. The summed E-state index contributed by atoms with van der Waals surface area (Å²) < 4.78 is 5.99. The predicted octanol–water partition coefficient (Wildman–Crippen LogP) is 1.07. The van der Waals surface area contributed by atoms with Crippen LogP contribution in [-0.2, 0) is 0 Å². The van der Waals surface area contributed by atoms with E-state index < -0.39 is 10.9 Å². The fraction of sp³-hybridized carbons (Fsp3) is 0. The molecule has 0 amide bonds. The molecule has 0 atom stereocenters. The van der Waals surface area contributed by atoms with Crippen LogP contribution in [0.25, 0.3) is 5.88 Å². The molecule has 0 radical (unpaired) electrons. The lowest BCUT2D eigenvalue weighted by Crippen LogP contribution is -1.94. The second-order valence-corrected chi connectivity index (χ2v) is 2.84. The van der Waals surface area contributed by atoms with E-state index in [9.17, 15) is 14.9 Å². The molecule has 0 aromatic carbocycles. The van der Waals surface area contributed by atoms with E-state index in [-0.39, 0.29) is 17.3 Å². The van der Waals surface area contributed by atoms with Crippen LogP contribution in [0.4, 0.5) is 5.69 Å². The molecule has 0 spiro atoms. The van der Waals surface area contributed by atoms with Gasteiger partial charge in [0.25, 0.3) is 0 Å². The highest BCUT2D eigenvalue weighted by atomic mass is 16.6. The van der Waals surface area contributed by atoms with Crippen LogP contribution in [0.1, 0.15) is 10.6 Å². The summed E-state index contributed by atoms with van der Waals surface area (Å²) in [5.41, 5.74) is -0.201. The lowest BCUT2D eigenvalue weighted by Gasteiger charge is -1.92. The van der Waals surface area contributed by atoms with Gasteiger partial charge in [0.15, 0.2) is 0 Å². The molecule has 0 bridgehead atoms. The first-order valence-corrected chi connectivity index (χ1v) is 4.10. The van der Waals surface area contributed by atoms with E-state index in [0.29, 0.717) is 0 Å². The number of aromatic carboxylic acids is 1. The smallest absolute Gasteiger partial charge is 0.371 e. The molecule has 0 saturated carbocycles. The summed E-state index contributed by atoms with van der Waals surface area (Å²) in [6.07, 6.45) is 2.17. The fourth-order valence-corrected chi connectivity index (χ4v) is 1.09. The quantitative estimate of drug-likeness (QED) is 0.615. The van der Waals surface area contributed by atoms with E-state index >= 15 is 0 Å². The van der Waals surface area contributed by atoms with Gasteiger partial charge in [0, 0.05) is 6.07 Å². The van der Waals surface area contributed by atoms with Crippen LogP contribution in [0.15, 0.2) is 28.9 Å². The van der Waals surface area contributed by atoms with Crippen molar-refractivity contribution in [1.29, 1.82) is 0 Å². The molecular formula is C8H5N3O5. The molecule has 8 heteroatoms. The molecule has 2 rings (SSSR count). The van der Waals surface area contributed by atoms with Gasteiger partial charge < -0.3 is 9.52 Å². The van der Waals surface area contributed by atoms with Gasteiger partial charge in [-0.15, -0.1) is 0 Å². The molecular weight excluding hydrogens is 218 g/mol. The third-order valence-electron chi connectivity index (χ3n) is 1.81. The molecule has 8 nitrogen and oxygen atoms in total. The van der Waals surface area contributed by atoms with E-state index in [1.54, 1.807) is 0 Å². The monoisotopic (exact) mass is 223 g/mol. The number of carbonyl (C=O) groups is 1. The van der Waals surface area contributed by atoms with Crippen LogP contribution < -0.4 is 0 Å². The Morgan fingerprint density at radius 2 is 2.31 bits per heavy atom. The van der Waals surface area contributed by atoms with Crippen LogP contribution in [0.2, 0.25) is 0 Å². The van der Waals surface area contributed by atoms with Crippen LogP contribution >= 0.6 is 0 Å². The molecule has 0 aliphatic rings. The standard InChI is InChI=1S/C8H5N3O5/c12-8(13)6-1-2-7(16-6)10-4-5(3-9-10)11(14)15/h1-4H,(H,12,13). The number of carboxylic acids is 1. The summed E-state index contributed by atoms with van der Waals surface area (Å²) >= 11 is 0. The van der Waals surface area contributed by atoms with E-state index in [1.165, 1.54) is 12.1 Å². The van der Waals surface area contributed by atoms with Gasteiger partial charge >= 0.3 is 11.7 Å². The number of hydrogen-bond acceptors (Lipinski definition) is 5. The lowest BCUT2D eigenvalue weighted by molar-refractivity contribution is -0.384. The van der Waals surface area contributed by atoms with E-state index in [1.807, 2.05) is 0 Å². The molecule has 1 N–H and O–H groups in total. The van der Waals surface area contributed by atoms with Gasteiger partial charge in [0.2, 0.25) is 11.6 Å². The maximum atomic E-state index is 10.5. The van der Waals surface area contributed by atoms with Gasteiger partial charge in [-0.3, -0.25) is 10.1 Å². The Bertz CT molecular complexity index is 505. The zero-order chi connectivity index (χ0) is 11.7. The molecule has 16 heavy (non-hydrogen) atoms. The van der Waals surface area contributed by atoms with Crippen molar-refractivity contribution in [3.05, 3.63) is 40.4 Å². The topological polar surface area (TPSA) is 111 Å². The molecule has 82 valence electrons. The van der Waals surface area contributed by atoms with Crippen molar-refractivity contribution in [2.24, 2.45) is 0 Å². The maximum absolute atomic E-state index is 10.5. The van der Waals surface area contributed by atoms with Gasteiger partial charge in [-0.2, -0.15) is 5.10 Å². The third-order valence-corrected chi connectivity index (χ3v) is 1.81. The highest BCUT2D eigenvalue weighted by Gasteiger charge is 2.14. The second-order valence-electron chi connectivity index (χ2n) is 2.84. The zero-order valence-electron chi connectivity index (χ0n) is 7.73. The molecule has 0 aliphatic heterocycles. The zero-order valence-corrected chi connectivity index (χ0v) is 7.73. The van der Waals surface area contributed by atoms with Crippen molar-refractivity contribution in [3.8, 4) is 5.88 Å². The summed E-state index contributed by atoms with van der Waals surface area (Å²) in [7, 11) is 0. The Kier molecular flexibility index (Phi) is 2.16. The summed E-state index contributed by atoms with van der Waals surface area (Å²) in [6, 6.07) is 2.60. The number of nitro groups is 1. The minimum Gasteiger partial charge on any atom is -0.475 e. The Morgan fingerprint density at radius 3 is 2.81 bits per heavy atom. The molecule has 0 aliphatic carbocycles. The Balaban J connectivity index is 2.35. The number of rotatable bonds is 3. The first-order chi connectivity index (χ1) is 7.58. The van der Waals surface area contributed by atoms with E-state index in [2.05, 4.69) is 5.10 Å². The predicted molar refractivity (Wildman–Crippen MR) is 49.4 cm³/mol. The van der Waals surface area contributed by atoms with Gasteiger partial charge in [-0.25, -0.2) is 9.48 Å². The summed E-state index contributed by atoms with van der Waals surface area (Å²) in [5.74, 6) is -1.37. The molecule has 0 fully saturated rings. The molecule has 2 heterocycles. The van der Waals surface area contributed by atoms with E-state index in [4.69, 9.17) is 9.52 Å². The highest BCUT2D eigenvalue weighted by molar-refractivity contribution is 5.84. The Morgan fingerprint density at radius 1 is 1.56 bits per heavy atom. The summed E-state index contributed by atoms with van der Waals surface area (Å²) in [5, 5.41) is 22.7. The number of nitrogens with zero attached hydrogens (tertiary/aromatic N) is 3. The number of carboxylic acid groups (broad SMARTS) is 1. The minimum atomic E-state index is -1.21. The Hall–Kier alpha value is -2.64. The first-order valence-electron chi connectivity index (χ1n) is 4.10. The maximum Gasteiger partial charge on any atom is 0.371 e. The molecule has 2 aromatic rings. The normalized spacial score (nSPS) is 10.2. The number of furan rings is 1. The van der Waals surface area contributed by atoms with Crippen molar-refractivity contribution in [3.63, 3.8) is 0 Å². The first kappa shape index (κ1) is 9.90. The van der Waals surface area contributed by atoms with Crippen LogP contribution in [0.5, 0.6) is 0 Å². The van der Waals surface area contributed by atoms with Crippen LogP contribution in [0.3, 0.4) is 0 Å². The summed E-state index contributed by atoms with van der Waals surface area (Å²) in [6.45, 7) is 0.